The van der Waals surface area contributed by atoms with Gasteiger partial charge in [0.05, 0.1) is 36.4 Å². The molecule has 1 saturated heterocycles. The van der Waals surface area contributed by atoms with Crippen molar-refractivity contribution in [3.8, 4) is 23.0 Å². The van der Waals surface area contributed by atoms with Gasteiger partial charge >= 0.3 is 0 Å². The number of hydrogen-bond acceptors (Lipinski definition) is 7. The fraction of sp³-hybridized carbons (Fsp3) is 0.185. The Kier molecular flexibility index (Phi) is 6.20. The van der Waals surface area contributed by atoms with Crippen LogP contribution < -0.4 is 23.8 Å². The van der Waals surface area contributed by atoms with Crippen molar-refractivity contribution in [2.24, 2.45) is 0 Å². The molecule has 0 radical (unpaired) electrons. The average Bonchev–Trinajstić information content (AvgIpc) is 3.18. The molecule has 2 aliphatic rings. The molecule has 0 aliphatic carbocycles. The number of amides is 1. The second-order valence-corrected chi connectivity index (χ2v) is 8.50. The minimum absolute atomic E-state index is 0.0966. The van der Waals surface area contributed by atoms with Crippen molar-refractivity contribution in [2.75, 3.05) is 32.3 Å². The number of aliphatic hydroxyl groups excluding tert-OH is 1. The first-order valence-corrected chi connectivity index (χ1v) is 11.5. The number of aliphatic hydroxyl groups is 1. The van der Waals surface area contributed by atoms with E-state index in [0.717, 1.165) is 0 Å². The SMILES string of the molecule is COc1cc(OC)c(/C(O)=C2\C(=O)C(=O)N(c3ccc4c(c3)OCCO4)C2c2ccccc2)cc1Cl. The van der Waals surface area contributed by atoms with Gasteiger partial charge in [-0.3, -0.25) is 14.5 Å². The Bertz CT molecular complexity index is 1390. The van der Waals surface area contributed by atoms with E-state index in [0.29, 0.717) is 41.7 Å². The number of halogens is 1. The minimum Gasteiger partial charge on any atom is -0.507 e. The third-order valence-corrected chi connectivity index (χ3v) is 6.39. The summed E-state index contributed by atoms with van der Waals surface area (Å²) >= 11 is 6.32. The first-order valence-electron chi connectivity index (χ1n) is 11.1. The van der Waals surface area contributed by atoms with E-state index in [9.17, 15) is 14.7 Å². The number of benzene rings is 3. The Hall–Kier alpha value is -4.17. The lowest BCUT2D eigenvalue weighted by atomic mass is 9.94. The molecule has 36 heavy (non-hydrogen) atoms. The molecular formula is C27H22ClNO7. The summed E-state index contributed by atoms with van der Waals surface area (Å²) in [4.78, 5) is 28.2. The predicted octanol–water partition coefficient (Wildman–Crippen LogP) is 4.75. The molecule has 8 nitrogen and oxygen atoms in total. The summed E-state index contributed by atoms with van der Waals surface area (Å²) in [6, 6.07) is 16.0. The van der Waals surface area contributed by atoms with Crippen molar-refractivity contribution < 1.29 is 33.6 Å². The van der Waals surface area contributed by atoms with E-state index >= 15 is 0 Å². The van der Waals surface area contributed by atoms with Crippen LogP contribution in [0.2, 0.25) is 5.02 Å². The number of rotatable bonds is 5. The topological polar surface area (TPSA) is 94.5 Å². The molecule has 9 heteroatoms. The standard InChI is InChI=1S/C27H22ClNO7/c1-33-20-14-21(34-2)18(28)13-17(20)25(30)23-24(15-6-4-3-5-7-15)29(27(32)26(23)31)16-8-9-19-22(12-16)36-11-10-35-19/h3-9,12-14,24,30H,10-11H2,1-2H3/b25-23+. The minimum atomic E-state index is -0.917. The van der Waals surface area contributed by atoms with Gasteiger partial charge in [0.2, 0.25) is 0 Å². The molecule has 3 aromatic carbocycles. The molecule has 1 N–H and O–H groups in total. The quantitative estimate of drug-likeness (QED) is 0.302. The van der Waals surface area contributed by atoms with Gasteiger partial charge in [-0.15, -0.1) is 0 Å². The molecule has 3 aromatic rings. The highest BCUT2D eigenvalue weighted by atomic mass is 35.5. The highest BCUT2D eigenvalue weighted by Crippen LogP contribution is 2.46. The van der Waals surface area contributed by atoms with Gasteiger partial charge in [0.1, 0.15) is 30.5 Å². The number of Topliss-reactive ketones (excluding diaryl/α,β-unsaturated/α-hetero) is 1. The summed E-state index contributed by atoms with van der Waals surface area (Å²) in [6.45, 7) is 0.794. The van der Waals surface area contributed by atoms with Gasteiger partial charge in [0, 0.05) is 17.8 Å². The lowest BCUT2D eigenvalue weighted by molar-refractivity contribution is -0.132. The molecule has 1 atom stereocenters. The molecule has 0 saturated carbocycles. The lowest BCUT2D eigenvalue weighted by Gasteiger charge is -2.27. The van der Waals surface area contributed by atoms with Gasteiger partial charge in [-0.05, 0) is 23.8 Å². The smallest absolute Gasteiger partial charge is 0.300 e. The maximum atomic E-state index is 13.4. The molecule has 1 amide bonds. The van der Waals surface area contributed by atoms with Crippen LogP contribution in [0.15, 0.2) is 66.2 Å². The second kappa shape index (κ2) is 9.47. The number of ether oxygens (including phenoxy) is 4. The van der Waals surface area contributed by atoms with E-state index < -0.39 is 23.5 Å². The summed E-state index contributed by atoms with van der Waals surface area (Å²) in [5, 5.41) is 11.7. The van der Waals surface area contributed by atoms with Crippen LogP contribution in [0.3, 0.4) is 0 Å². The van der Waals surface area contributed by atoms with E-state index in [1.165, 1.54) is 31.3 Å². The third kappa shape index (κ3) is 3.89. The van der Waals surface area contributed by atoms with Crippen LogP contribution in [0.1, 0.15) is 17.2 Å². The van der Waals surface area contributed by atoms with Gasteiger partial charge in [-0.1, -0.05) is 41.9 Å². The number of anilines is 1. The summed E-state index contributed by atoms with van der Waals surface area (Å²) < 4.78 is 21.9. The van der Waals surface area contributed by atoms with Crippen LogP contribution >= 0.6 is 11.6 Å². The van der Waals surface area contributed by atoms with E-state index in [1.807, 2.05) is 6.07 Å². The van der Waals surface area contributed by atoms with Crippen LogP contribution in [0.5, 0.6) is 23.0 Å². The van der Waals surface area contributed by atoms with Crippen molar-refractivity contribution in [1.29, 1.82) is 0 Å². The number of fused-ring (bicyclic) bond motifs is 1. The Morgan fingerprint density at radius 1 is 0.944 bits per heavy atom. The molecule has 2 heterocycles. The van der Waals surface area contributed by atoms with E-state index in [1.54, 1.807) is 42.5 Å². The molecule has 0 aromatic heterocycles. The Balaban J connectivity index is 1.72. The summed E-state index contributed by atoms with van der Waals surface area (Å²) in [6.07, 6.45) is 0. The van der Waals surface area contributed by atoms with E-state index in [-0.39, 0.29) is 21.9 Å². The van der Waals surface area contributed by atoms with Crippen molar-refractivity contribution >= 4 is 34.7 Å². The largest absolute Gasteiger partial charge is 0.507 e. The molecule has 0 bridgehead atoms. The summed E-state index contributed by atoms with van der Waals surface area (Å²) in [5.74, 6) is -0.464. The molecule has 1 fully saturated rings. The summed E-state index contributed by atoms with van der Waals surface area (Å²) in [5.41, 5.74) is 1.12. The zero-order chi connectivity index (χ0) is 25.4. The average molecular weight is 508 g/mol. The van der Waals surface area contributed by atoms with Gasteiger partial charge in [-0.2, -0.15) is 0 Å². The number of hydrogen-bond donors (Lipinski definition) is 1. The highest BCUT2D eigenvalue weighted by molar-refractivity contribution is 6.51. The first kappa shape index (κ1) is 23.6. The Labute approximate surface area is 212 Å². The first-order chi connectivity index (χ1) is 17.4. The number of carbonyl (C=O) groups excluding carboxylic acids is 2. The molecule has 0 spiro atoms. The molecule has 184 valence electrons. The number of methoxy groups -OCH3 is 2. The highest BCUT2D eigenvalue weighted by Gasteiger charge is 2.47. The normalized spacial score (nSPS) is 18.3. The lowest BCUT2D eigenvalue weighted by Crippen LogP contribution is -2.29. The van der Waals surface area contributed by atoms with Crippen LogP contribution in [0, 0.1) is 0 Å². The van der Waals surface area contributed by atoms with Crippen LogP contribution in [0.4, 0.5) is 5.69 Å². The van der Waals surface area contributed by atoms with Gasteiger partial charge in [0.15, 0.2) is 11.5 Å². The zero-order valence-corrected chi connectivity index (χ0v) is 20.2. The van der Waals surface area contributed by atoms with Gasteiger partial charge in [0.25, 0.3) is 11.7 Å². The number of ketones is 1. The fourth-order valence-corrected chi connectivity index (χ4v) is 4.66. The van der Waals surface area contributed by atoms with Crippen LogP contribution in [0.25, 0.3) is 5.76 Å². The maximum Gasteiger partial charge on any atom is 0.300 e. The van der Waals surface area contributed by atoms with E-state index in [2.05, 4.69) is 0 Å². The number of carbonyl (C=O) groups is 2. The molecule has 2 aliphatic heterocycles. The second-order valence-electron chi connectivity index (χ2n) is 8.09. The van der Waals surface area contributed by atoms with Crippen molar-refractivity contribution in [1.82, 2.24) is 0 Å². The van der Waals surface area contributed by atoms with Crippen LogP contribution in [-0.4, -0.2) is 44.2 Å². The van der Waals surface area contributed by atoms with Crippen molar-refractivity contribution in [3.63, 3.8) is 0 Å². The van der Waals surface area contributed by atoms with Crippen molar-refractivity contribution in [3.05, 3.63) is 82.4 Å². The summed E-state index contributed by atoms with van der Waals surface area (Å²) in [7, 11) is 2.87. The Morgan fingerprint density at radius 3 is 2.33 bits per heavy atom. The van der Waals surface area contributed by atoms with Crippen molar-refractivity contribution in [2.45, 2.75) is 6.04 Å². The molecule has 5 rings (SSSR count). The van der Waals surface area contributed by atoms with E-state index in [4.69, 9.17) is 30.5 Å². The Morgan fingerprint density at radius 2 is 1.64 bits per heavy atom. The van der Waals surface area contributed by atoms with Gasteiger partial charge < -0.3 is 24.1 Å². The zero-order valence-electron chi connectivity index (χ0n) is 19.5. The van der Waals surface area contributed by atoms with Crippen LogP contribution in [-0.2, 0) is 9.59 Å². The number of nitrogens with zero attached hydrogens (tertiary/aromatic N) is 1. The molecular weight excluding hydrogens is 486 g/mol. The third-order valence-electron chi connectivity index (χ3n) is 6.09. The molecule has 1 unspecified atom stereocenters. The fourth-order valence-electron chi connectivity index (χ4n) is 4.42. The van der Waals surface area contributed by atoms with Gasteiger partial charge in [-0.25, -0.2) is 0 Å². The predicted molar refractivity (Wildman–Crippen MR) is 133 cm³/mol. The monoisotopic (exact) mass is 507 g/mol. The maximum absolute atomic E-state index is 13.4.